The van der Waals surface area contributed by atoms with Crippen molar-refractivity contribution in [2.45, 2.75) is 88.1 Å². The summed E-state index contributed by atoms with van der Waals surface area (Å²) < 4.78 is 0. The molecule has 3 amide bonds. The Balaban J connectivity index is 1.02. The van der Waals surface area contributed by atoms with Crippen LogP contribution >= 0.6 is 0 Å². The monoisotopic (exact) mass is 385 g/mol. The van der Waals surface area contributed by atoms with Gasteiger partial charge in [0.25, 0.3) is 0 Å². The molecule has 0 atom stereocenters. The number of amides is 3. The molecule has 0 radical (unpaired) electrons. The highest BCUT2D eigenvalue weighted by Crippen LogP contribution is 2.56. The van der Waals surface area contributed by atoms with Crippen LogP contribution in [0.15, 0.2) is 0 Å². The Labute approximate surface area is 168 Å². The summed E-state index contributed by atoms with van der Waals surface area (Å²) in [7, 11) is 0. The van der Waals surface area contributed by atoms with E-state index in [4.69, 9.17) is 0 Å². The fraction of sp³-hybridized carbons (Fsp3) is 0.913. The molecule has 154 valence electrons. The summed E-state index contributed by atoms with van der Waals surface area (Å²) in [6.07, 6.45) is 15.3. The van der Waals surface area contributed by atoms with Gasteiger partial charge in [-0.2, -0.15) is 0 Å². The molecule has 0 aromatic rings. The maximum absolute atomic E-state index is 12.6. The Bertz CT molecular complexity index is 617. The molecule has 0 aliphatic heterocycles. The van der Waals surface area contributed by atoms with Crippen molar-refractivity contribution in [1.82, 2.24) is 16.0 Å². The van der Waals surface area contributed by atoms with Gasteiger partial charge >= 0.3 is 6.03 Å². The molecule has 0 aromatic heterocycles. The van der Waals surface area contributed by atoms with E-state index in [0.29, 0.717) is 0 Å². The first-order valence-corrected chi connectivity index (χ1v) is 11.8. The lowest BCUT2D eigenvalue weighted by Crippen LogP contribution is -2.63. The van der Waals surface area contributed by atoms with Crippen molar-refractivity contribution in [2.24, 2.45) is 35.5 Å². The van der Waals surface area contributed by atoms with Crippen molar-refractivity contribution in [3.8, 4) is 0 Å². The van der Waals surface area contributed by atoms with Crippen LogP contribution in [0.4, 0.5) is 4.79 Å². The van der Waals surface area contributed by atoms with Crippen molar-refractivity contribution >= 4 is 11.9 Å². The van der Waals surface area contributed by atoms with Gasteiger partial charge in [0.15, 0.2) is 0 Å². The predicted molar refractivity (Wildman–Crippen MR) is 106 cm³/mol. The predicted octanol–water partition coefficient (Wildman–Crippen LogP) is 3.34. The average molecular weight is 386 g/mol. The van der Waals surface area contributed by atoms with Crippen LogP contribution in [0.2, 0.25) is 0 Å². The normalized spacial score (nSPS) is 50.0. The molecule has 0 saturated heterocycles. The van der Waals surface area contributed by atoms with Crippen LogP contribution in [-0.4, -0.2) is 29.6 Å². The van der Waals surface area contributed by atoms with Gasteiger partial charge in [-0.3, -0.25) is 10.1 Å². The molecule has 8 rings (SSSR count). The number of hydrogen-bond donors (Lipinski definition) is 3. The minimum Gasteiger partial charge on any atom is -0.332 e. The first-order chi connectivity index (χ1) is 13.5. The van der Waals surface area contributed by atoms with E-state index < -0.39 is 0 Å². The Hall–Kier alpha value is -1.10. The van der Waals surface area contributed by atoms with Crippen molar-refractivity contribution in [3.05, 3.63) is 0 Å². The Morgan fingerprint density at radius 2 is 1.04 bits per heavy atom. The van der Waals surface area contributed by atoms with Gasteiger partial charge in [0.1, 0.15) is 0 Å². The quantitative estimate of drug-likeness (QED) is 0.695. The molecule has 3 N–H and O–H groups in total. The lowest BCUT2D eigenvalue weighted by molar-refractivity contribution is -0.120. The zero-order valence-electron chi connectivity index (χ0n) is 17.0. The Morgan fingerprint density at radius 1 is 0.643 bits per heavy atom. The molecule has 5 nitrogen and oxygen atoms in total. The molecule has 8 bridgehead atoms. The highest BCUT2D eigenvalue weighted by atomic mass is 16.2. The van der Waals surface area contributed by atoms with Gasteiger partial charge in [0.05, 0.1) is 6.54 Å². The lowest BCUT2D eigenvalue weighted by Gasteiger charge is -2.57. The molecule has 5 heteroatoms. The van der Waals surface area contributed by atoms with Gasteiger partial charge in [-0.1, -0.05) is 0 Å². The summed E-state index contributed by atoms with van der Waals surface area (Å²) in [5.74, 6) is 4.79. The van der Waals surface area contributed by atoms with E-state index in [9.17, 15) is 9.59 Å². The highest BCUT2D eigenvalue weighted by Gasteiger charge is 2.52. The standard InChI is InChI=1S/C23H35N3O2/c27-20(13-24-22-7-14-1-15(8-22)3-16(2-14)9-22)25-21(28)26-23-10-17-4-18(11-23)6-19(5-17)12-23/h14-19,24H,1-13H2,(H2,25,26,27,28). The molecule has 8 aliphatic rings. The van der Waals surface area contributed by atoms with Crippen LogP contribution in [0.25, 0.3) is 0 Å². The smallest absolute Gasteiger partial charge is 0.321 e. The van der Waals surface area contributed by atoms with Crippen LogP contribution in [0.1, 0.15) is 77.0 Å². The van der Waals surface area contributed by atoms with E-state index in [1.807, 2.05) is 0 Å². The van der Waals surface area contributed by atoms with Crippen molar-refractivity contribution in [3.63, 3.8) is 0 Å². The third-order valence-electron chi connectivity index (χ3n) is 9.33. The van der Waals surface area contributed by atoms with Crippen molar-refractivity contribution in [1.29, 1.82) is 0 Å². The molecule has 0 heterocycles. The second-order valence-electron chi connectivity index (χ2n) is 11.8. The van der Waals surface area contributed by atoms with Crippen LogP contribution in [-0.2, 0) is 4.79 Å². The second kappa shape index (κ2) is 6.20. The van der Waals surface area contributed by atoms with Crippen LogP contribution in [0, 0.1) is 35.5 Å². The molecule has 8 aliphatic carbocycles. The van der Waals surface area contributed by atoms with Crippen molar-refractivity contribution in [2.75, 3.05) is 6.54 Å². The topological polar surface area (TPSA) is 70.2 Å². The van der Waals surface area contributed by atoms with E-state index in [1.54, 1.807) is 0 Å². The largest absolute Gasteiger partial charge is 0.332 e. The van der Waals surface area contributed by atoms with E-state index in [-0.39, 0.29) is 29.6 Å². The molecule has 0 spiro atoms. The molecule has 0 aromatic carbocycles. The summed E-state index contributed by atoms with van der Waals surface area (Å²) >= 11 is 0. The number of nitrogens with one attached hydrogen (secondary N) is 3. The third-order valence-corrected chi connectivity index (χ3v) is 9.33. The summed E-state index contributed by atoms with van der Waals surface area (Å²) in [6.45, 7) is 0.278. The Morgan fingerprint density at radius 3 is 1.46 bits per heavy atom. The number of urea groups is 1. The summed E-state index contributed by atoms with van der Waals surface area (Å²) in [6, 6.07) is -0.265. The minimum absolute atomic E-state index is 0.0353. The lowest BCUT2D eigenvalue weighted by atomic mass is 9.53. The van der Waals surface area contributed by atoms with Gasteiger partial charge in [-0.25, -0.2) is 4.79 Å². The van der Waals surface area contributed by atoms with E-state index in [0.717, 1.165) is 54.8 Å². The maximum atomic E-state index is 12.6. The second-order valence-corrected chi connectivity index (χ2v) is 11.8. The summed E-state index contributed by atoms with van der Waals surface area (Å²) in [5, 5.41) is 9.49. The van der Waals surface area contributed by atoms with Crippen LogP contribution < -0.4 is 16.0 Å². The molecule has 0 unspecified atom stereocenters. The van der Waals surface area contributed by atoms with E-state index >= 15 is 0 Å². The first kappa shape index (κ1) is 17.7. The molecule has 28 heavy (non-hydrogen) atoms. The molecule has 8 saturated carbocycles. The minimum atomic E-state index is -0.265. The maximum Gasteiger partial charge on any atom is 0.321 e. The zero-order chi connectivity index (χ0) is 18.9. The van der Waals surface area contributed by atoms with Gasteiger partial charge in [-0.15, -0.1) is 0 Å². The summed E-state index contributed by atoms with van der Waals surface area (Å²) in [4.78, 5) is 25.1. The Kier molecular flexibility index (Phi) is 3.93. The number of carbonyl (C=O) groups excluding carboxylic acids is 2. The summed E-state index contributed by atoms with van der Waals surface area (Å²) in [5.41, 5.74) is 0.134. The van der Waals surface area contributed by atoms with Crippen LogP contribution in [0.5, 0.6) is 0 Å². The SMILES string of the molecule is O=C(CNC12CC3CC(CC(C3)C1)C2)NC(=O)NC12CC3CC(CC(C3)C1)C2. The van der Waals surface area contributed by atoms with E-state index in [1.165, 1.54) is 57.8 Å². The van der Waals surface area contributed by atoms with Gasteiger partial charge < -0.3 is 10.6 Å². The number of hydrogen-bond acceptors (Lipinski definition) is 3. The third kappa shape index (κ3) is 3.09. The average Bonchev–Trinajstić information content (AvgIpc) is 2.57. The fourth-order valence-corrected chi connectivity index (χ4v) is 9.30. The van der Waals surface area contributed by atoms with Gasteiger partial charge in [0.2, 0.25) is 5.91 Å². The highest BCUT2D eigenvalue weighted by molar-refractivity contribution is 5.95. The molecule has 8 fully saturated rings. The molecular formula is C23H35N3O2. The first-order valence-electron chi connectivity index (χ1n) is 11.8. The fourth-order valence-electron chi connectivity index (χ4n) is 9.30. The van der Waals surface area contributed by atoms with Crippen LogP contribution in [0.3, 0.4) is 0 Å². The number of rotatable bonds is 4. The van der Waals surface area contributed by atoms with Gasteiger partial charge in [-0.05, 0) is 113 Å². The van der Waals surface area contributed by atoms with E-state index in [2.05, 4.69) is 16.0 Å². The molecular weight excluding hydrogens is 350 g/mol. The van der Waals surface area contributed by atoms with Crippen molar-refractivity contribution < 1.29 is 9.59 Å². The number of imide groups is 1. The zero-order valence-corrected chi connectivity index (χ0v) is 17.0. The van der Waals surface area contributed by atoms with Gasteiger partial charge in [0, 0.05) is 11.1 Å². The number of carbonyl (C=O) groups is 2.